The molecular formula is C14H18N5O6+. The Kier molecular flexibility index (Phi) is 3.70. The van der Waals surface area contributed by atoms with Crippen molar-refractivity contribution in [3.63, 3.8) is 0 Å². The van der Waals surface area contributed by atoms with Gasteiger partial charge in [0.15, 0.2) is 24.1 Å². The molecule has 0 bridgehead atoms. The molecular weight excluding hydrogens is 334 g/mol. The quantitative estimate of drug-likeness (QED) is 0.332. The third kappa shape index (κ3) is 2.10. The third-order valence-corrected chi connectivity index (χ3v) is 4.82. The van der Waals surface area contributed by atoms with Crippen molar-refractivity contribution < 1.29 is 34.5 Å². The fourth-order valence-corrected chi connectivity index (χ4v) is 3.43. The molecule has 0 saturated carbocycles. The number of imidazole rings is 1. The zero-order valence-electron chi connectivity index (χ0n) is 13.2. The predicted molar refractivity (Wildman–Crippen MR) is 80.2 cm³/mol. The summed E-state index contributed by atoms with van der Waals surface area (Å²) >= 11 is 0. The molecule has 0 radical (unpaired) electrons. The van der Waals surface area contributed by atoms with Gasteiger partial charge in [-0.25, -0.2) is 9.55 Å². The number of aliphatic hydroxyl groups excluding tert-OH is 4. The zero-order valence-corrected chi connectivity index (χ0v) is 13.2. The average Bonchev–Trinajstić information content (AvgIpc) is 3.23. The summed E-state index contributed by atoms with van der Waals surface area (Å²) in [7, 11) is 1.63. The van der Waals surface area contributed by atoms with E-state index in [-0.39, 0.29) is 0 Å². The van der Waals surface area contributed by atoms with Crippen LogP contribution in [0.15, 0.2) is 12.7 Å². The van der Waals surface area contributed by atoms with Gasteiger partial charge in [-0.1, -0.05) is 4.98 Å². The summed E-state index contributed by atoms with van der Waals surface area (Å²) in [6, 6.07) is -0.795. The molecule has 2 aromatic rings. The van der Waals surface area contributed by atoms with Gasteiger partial charge in [0.1, 0.15) is 24.6 Å². The Hall–Kier alpha value is -2.18. The zero-order chi connectivity index (χ0) is 17.9. The summed E-state index contributed by atoms with van der Waals surface area (Å²) < 4.78 is 8.48. The second-order valence-corrected chi connectivity index (χ2v) is 6.18. The van der Waals surface area contributed by atoms with Gasteiger partial charge in [-0.05, 0) is 0 Å². The maximum Gasteiger partial charge on any atom is 0.258 e. The summed E-state index contributed by atoms with van der Waals surface area (Å²) in [6.45, 7) is -0.435. The van der Waals surface area contributed by atoms with E-state index in [1.165, 1.54) is 26.7 Å². The lowest BCUT2D eigenvalue weighted by atomic mass is 10.1. The molecule has 4 rings (SSSR count). The maximum absolute atomic E-state index is 11.3. The molecule has 134 valence electrons. The van der Waals surface area contributed by atoms with Crippen molar-refractivity contribution in [3.8, 4) is 0 Å². The Morgan fingerprint density at radius 3 is 2.72 bits per heavy atom. The summed E-state index contributed by atoms with van der Waals surface area (Å²) in [5, 5.41) is 39.5. The van der Waals surface area contributed by atoms with E-state index in [9.17, 15) is 25.2 Å². The van der Waals surface area contributed by atoms with Crippen LogP contribution >= 0.6 is 0 Å². The van der Waals surface area contributed by atoms with E-state index in [2.05, 4.69) is 9.97 Å². The van der Waals surface area contributed by atoms with Gasteiger partial charge in [0.05, 0.1) is 13.7 Å². The Bertz CT molecular complexity index is 827. The topological polar surface area (TPSA) is 145 Å². The van der Waals surface area contributed by atoms with Crippen LogP contribution in [-0.2, 0) is 9.53 Å². The molecule has 25 heavy (non-hydrogen) atoms. The van der Waals surface area contributed by atoms with Crippen LogP contribution in [0.25, 0.3) is 11.2 Å². The summed E-state index contributed by atoms with van der Waals surface area (Å²) in [4.78, 5) is 21.3. The SMILES string of the molecule is CN1c2c3ncn([C@@H]4O[C@H](CO)[C@@H](O)[C@H]4O)c3nc[n+]2C(C=O)C1O. The minimum absolute atomic E-state index is 0.353. The first kappa shape index (κ1) is 16.3. The van der Waals surface area contributed by atoms with Crippen molar-refractivity contribution in [1.82, 2.24) is 14.5 Å². The van der Waals surface area contributed by atoms with Crippen LogP contribution in [0.2, 0.25) is 0 Å². The monoisotopic (exact) mass is 352 g/mol. The highest BCUT2D eigenvalue weighted by atomic mass is 16.6. The molecule has 2 unspecified atom stereocenters. The van der Waals surface area contributed by atoms with E-state index in [0.29, 0.717) is 23.3 Å². The number of hydrogen-bond donors (Lipinski definition) is 4. The minimum Gasteiger partial charge on any atom is -0.394 e. The molecule has 2 aromatic heterocycles. The Balaban J connectivity index is 1.82. The van der Waals surface area contributed by atoms with E-state index in [1.807, 2.05) is 0 Å². The molecule has 4 heterocycles. The van der Waals surface area contributed by atoms with E-state index in [4.69, 9.17) is 4.74 Å². The number of fused-ring (bicyclic) bond motifs is 3. The molecule has 0 spiro atoms. The molecule has 0 aromatic carbocycles. The lowest BCUT2D eigenvalue weighted by Crippen LogP contribution is -2.41. The number of carbonyl (C=O) groups excluding carboxylic acids is 1. The molecule has 11 heteroatoms. The molecule has 1 fully saturated rings. The highest BCUT2D eigenvalue weighted by Crippen LogP contribution is 2.34. The number of nitrogens with zero attached hydrogens (tertiary/aromatic N) is 5. The largest absolute Gasteiger partial charge is 0.394 e. The van der Waals surface area contributed by atoms with Gasteiger partial charge in [-0.2, -0.15) is 0 Å². The van der Waals surface area contributed by atoms with Crippen LogP contribution in [0.5, 0.6) is 0 Å². The molecule has 2 aliphatic rings. The fourth-order valence-electron chi connectivity index (χ4n) is 3.43. The van der Waals surface area contributed by atoms with Crippen molar-refractivity contribution in [3.05, 3.63) is 12.7 Å². The smallest absolute Gasteiger partial charge is 0.258 e. The number of likely N-dealkylation sites (N-methyl/N-ethyl adjacent to an activating group) is 1. The lowest BCUT2D eigenvalue weighted by molar-refractivity contribution is -0.690. The number of ether oxygens (including phenoxy) is 1. The number of aldehydes is 1. The molecule has 4 N–H and O–H groups in total. The highest BCUT2D eigenvalue weighted by molar-refractivity contribution is 5.82. The average molecular weight is 352 g/mol. The Morgan fingerprint density at radius 1 is 1.32 bits per heavy atom. The van der Waals surface area contributed by atoms with Crippen LogP contribution in [0.3, 0.4) is 0 Å². The third-order valence-electron chi connectivity index (χ3n) is 4.82. The van der Waals surface area contributed by atoms with Crippen molar-refractivity contribution in [1.29, 1.82) is 0 Å². The highest BCUT2D eigenvalue weighted by Gasteiger charge is 2.46. The second-order valence-electron chi connectivity index (χ2n) is 6.18. The van der Waals surface area contributed by atoms with E-state index >= 15 is 0 Å². The number of hydrogen-bond acceptors (Lipinski definition) is 9. The summed E-state index contributed by atoms with van der Waals surface area (Å²) in [5.41, 5.74) is 0.762. The molecule has 0 aliphatic carbocycles. The maximum atomic E-state index is 11.3. The van der Waals surface area contributed by atoms with Crippen molar-refractivity contribution in [2.45, 2.75) is 36.8 Å². The van der Waals surface area contributed by atoms with E-state index in [1.54, 1.807) is 7.05 Å². The second kappa shape index (κ2) is 5.68. The number of carbonyl (C=O) groups is 1. The van der Waals surface area contributed by atoms with Gasteiger partial charge in [0.25, 0.3) is 5.82 Å². The van der Waals surface area contributed by atoms with Crippen molar-refractivity contribution in [2.75, 3.05) is 18.6 Å². The van der Waals surface area contributed by atoms with Crippen LogP contribution < -0.4 is 9.47 Å². The number of anilines is 1. The summed E-state index contributed by atoms with van der Waals surface area (Å²) in [5.74, 6) is 0.500. The predicted octanol–water partition coefficient (Wildman–Crippen LogP) is -3.16. The van der Waals surface area contributed by atoms with Crippen molar-refractivity contribution in [2.24, 2.45) is 0 Å². The standard InChI is InChI=1S/C14H18N5O6/c1-17-12-8-11(16-5-18(12)6(2-20)13(17)24)19(4-15-8)14-10(23)9(22)7(3-21)25-14/h2,4-7,9-10,13-14,21-24H,3H2,1H3/q+1/t6?,7-,9-,10-,13?,14-/m1/s1. The van der Waals surface area contributed by atoms with Crippen LogP contribution in [0, 0.1) is 0 Å². The van der Waals surface area contributed by atoms with E-state index < -0.39 is 43.4 Å². The van der Waals surface area contributed by atoms with Crippen molar-refractivity contribution >= 4 is 23.3 Å². The normalized spacial score (nSPS) is 34.7. The Labute approximate surface area is 141 Å². The first-order chi connectivity index (χ1) is 12.0. The lowest BCUT2D eigenvalue weighted by Gasteiger charge is -2.15. The van der Waals surface area contributed by atoms with Crippen LogP contribution in [-0.4, -0.2) is 79.4 Å². The summed E-state index contributed by atoms with van der Waals surface area (Å²) in [6.07, 6.45) is -1.98. The van der Waals surface area contributed by atoms with Gasteiger partial charge in [0, 0.05) is 0 Å². The number of aliphatic hydroxyl groups is 4. The van der Waals surface area contributed by atoms with Gasteiger partial charge < -0.3 is 25.2 Å². The number of aromatic nitrogens is 4. The van der Waals surface area contributed by atoms with E-state index in [0.717, 1.165) is 0 Å². The first-order valence-electron chi connectivity index (χ1n) is 7.75. The van der Waals surface area contributed by atoms with Crippen LogP contribution in [0.1, 0.15) is 12.3 Å². The molecule has 2 aliphatic heterocycles. The van der Waals surface area contributed by atoms with Gasteiger partial charge in [0.2, 0.25) is 18.2 Å². The number of rotatable bonds is 3. The minimum atomic E-state index is -1.26. The Morgan fingerprint density at radius 2 is 2.08 bits per heavy atom. The molecule has 6 atom stereocenters. The van der Waals surface area contributed by atoms with Gasteiger partial charge in [-0.15, -0.1) is 0 Å². The molecule has 0 amide bonds. The first-order valence-corrected chi connectivity index (χ1v) is 7.75. The van der Waals surface area contributed by atoms with Gasteiger partial charge in [-0.3, -0.25) is 14.3 Å². The molecule has 11 nitrogen and oxygen atoms in total. The fraction of sp³-hybridized carbons (Fsp3) is 0.571. The van der Waals surface area contributed by atoms with Gasteiger partial charge >= 0.3 is 0 Å². The molecule has 1 saturated heterocycles. The van der Waals surface area contributed by atoms with Crippen LogP contribution in [0.4, 0.5) is 5.82 Å².